The van der Waals surface area contributed by atoms with E-state index in [9.17, 15) is 14.7 Å². The summed E-state index contributed by atoms with van der Waals surface area (Å²) in [5.74, 6) is 33.0. The van der Waals surface area contributed by atoms with E-state index in [1.165, 1.54) is 51.4 Å². The van der Waals surface area contributed by atoms with E-state index in [-0.39, 0.29) is 13.0 Å². The zero-order valence-electron chi connectivity index (χ0n) is 22.6. The second kappa shape index (κ2) is 27.4. The van der Waals surface area contributed by atoms with E-state index < -0.39 is 24.6 Å². The highest BCUT2D eigenvalue weighted by Gasteiger charge is 2.15. The Kier molecular flexibility index (Phi) is 24.4. The maximum Gasteiger partial charge on any atom is 0.385 e. The largest absolute Gasteiger partial charge is 0.456 e. The lowest BCUT2D eigenvalue weighted by Gasteiger charge is -2.14. The topological polar surface area (TPSA) is 72.8 Å². The molecule has 5 nitrogen and oxygen atoms in total. The van der Waals surface area contributed by atoms with Gasteiger partial charge in [-0.2, -0.15) is 0 Å². The van der Waals surface area contributed by atoms with Crippen LogP contribution in [0.2, 0.25) is 0 Å². The van der Waals surface area contributed by atoms with Crippen molar-refractivity contribution in [2.75, 3.05) is 13.2 Å². The first-order valence-corrected chi connectivity index (χ1v) is 13.0. The van der Waals surface area contributed by atoms with Crippen LogP contribution < -0.4 is 0 Å². The molecular formula is C33H36O5. The first-order valence-electron chi connectivity index (χ1n) is 13.0. The van der Waals surface area contributed by atoms with Gasteiger partial charge in [0.1, 0.15) is 6.61 Å². The fourth-order valence-electron chi connectivity index (χ4n) is 2.96. The van der Waals surface area contributed by atoms with Crippen LogP contribution in [0.25, 0.3) is 0 Å². The molecule has 0 spiro atoms. The molecule has 0 aliphatic heterocycles. The predicted octanol–water partition coefficient (Wildman–Crippen LogP) is 4.18. The average Bonchev–Trinajstić information content (AvgIpc) is 2.92. The Bertz CT molecular complexity index is 1150. The smallest absolute Gasteiger partial charge is 0.385 e. The fourth-order valence-corrected chi connectivity index (χ4v) is 2.96. The molecule has 1 atom stereocenters. The van der Waals surface area contributed by atoms with Gasteiger partial charge in [-0.1, -0.05) is 77.1 Å². The second-order valence-corrected chi connectivity index (χ2v) is 8.05. The van der Waals surface area contributed by atoms with Crippen LogP contribution in [0, 0.1) is 82.9 Å². The number of aliphatic hydroxyl groups is 1. The summed E-state index contributed by atoms with van der Waals surface area (Å²) in [4.78, 5) is 23.6. The third kappa shape index (κ3) is 24.9. The Labute approximate surface area is 229 Å². The van der Waals surface area contributed by atoms with E-state index in [1.807, 2.05) is 0 Å². The van der Waals surface area contributed by atoms with Gasteiger partial charge < -0.3 is 14.6 Å². The van der Waals surface area contributed by atoms with Gasteiger partial charge >= 0.3 is 11.9 Å². The monoisotopic (exact) mass is 512 g/mol. The zero-order valence-corrected chi connectivity index (χ0v) is 22.6. The Morgan fingerprint density at radius 1 is 0.658 bits per heavy atom. The molecule has 5 heteroatoms. The zero-order chi connectivity index (χ0) is 27.9. The summed E-state index contributed by atoms with van der Waals surface area (Å²) in [6, 6.07) is 0. The van der Waals surface area contributed by atoms with Crippen LogP contribution >= 0.6 is 0 Å². The molecule has 0 aromatic rings. The number of ether oxygens (including phenoxy) is 2. The van der Waals surface area contributed by atoms with Crippen molar-refractivity contribution in [2.24, 2.45) is 0 Å². The first kappa shape index (κ1) is 33.8. The molecule has 0 saturated carbocycles. The standard InChI is InChI=1S/C33H36O5/c1-3-5-7-9-11-13-15-16-18-19-21-23-25-27-32(35)37-30-31(29-34)38-33(36)28-26-24-22-20-17-14-12-10-8-6-4-2/h31,34H,4,6,8,10,12,14,17,20,22,24,26,28-30H2,1-2H3/t31-/m1/s1. The minimum absolute atomic E-state index is 0.275. The molecule has 0 bridgehead atoms. The molecule has 0 aromatic heterocycles. The number of hydrogen-bond donors (Lipinski definition) is 1. The van der Waals surface area contributed by atoms with Crippen molar-refractivity contribution >= 4 is 11.9 Å². The number of carbonyl (C=O) groups excluding carboxylic acids is 2. The molecule has 0 heterocycles. The molecule has 0 aromatic carbocycles. The summed E-state index contributed by atoms with van der Waals surface area (Å²) in [6.07, 6.45) is 12.5. The van der Waals surface area contributed by atoms with Gasteiger partial charge in [0, 0.05) is 12.3 Å². The van der Waals surface area contributed by atoms with Crippen molar-refractivity contribution in [3.63, 3.8) is 0 Å². The summed E-state index contributed by atoms with van der Waals surface area (Å²) in [7, 11) is 0. The molecule has 0 fully saturated rings. The van der Waals surface area contributed by atoms with E-state index >= 15 is 0 Å². The number of unbranched alkanes of at least 4 members (excludes halogenated alkanes) is 10. The molecule has 0 saturated heterocycles. The lowest BCUT2D eigenvalue weighted by molar-refractivity contribution is -0.159. The van der Waals surface area contributed by atoms with Crippen molar-refractivity contribution < 1.29 is 24.2 Å². The minimum atomic E-state index is -0.926. The number of esters is 2. The predicted molar refractivity (Wildman–Crippen MR) is 149 cm³/mol. The van der Waals surface area contributed by atoms with Crippen molar-refractivity contribution in [2.45, 2.75) is 97.0 Å². The van der Waals surface area contributed by atoms with E-state index in [2.05, 4.69) is 89.8 Å². The highest BCUT2D eigenvalue weighted by Crippen LogP contribution is 2.12. The molecule has 0 aliphatic rings. The summed E-state index contributed by atoms with van der Waals surface area (Å²) in [6.45, 7) is 3.17. The number of rotatable bonds is 16. The lowest BCUT2D eigenvalue weighted by atomic mass is 10.1. The Morgan fingerprint density at radius 3 is 1.58 bits per heavy atom. The molecule has 0 amide bonds. The van der Waals surface area contributed by atoms with Crippen LogP contribution in [0.5, 0.6) is 0 Å². The normalized spacial score (nSPS) is 9.03. The number of aliphatic hydroxyl groups excluding tert-OH is 1. The molecule has 1 N–H and O–H groups in total. The summed E-state index contributed by atoms with van der Waals surface area (Å²) in [5, 5.41) is 9.37. The second-order valence-electron chi connectivity index (χ2n) is 8.05. The molecule has 0 radical (unpaired) electrons. The Hall–Kier alpha value is -4.18. The maximum absolute atomic E-state index is 12.0. The number of carbonyl (C=O) groups is 2. The first-order chi connectivity index (χ1) is 18.6. The van der Waals surface area contributed by atoms with Crippen molar-refractivity contribution in [1.29, 1.82) is 0 Å². The Morgan fingerprint density at radius 2 is 1.11 bits per heavy atom. The van der Waals surface area contributed by atoms with Crippen LogP contribution in [0.1, 0.15) is 90.9 Å². The van der Waals surface area contributed by atoms with Gasteiger partial charge in [0.2, 0.25) is 0 Å². The van der Waals surface area contributed by atoms with Crippen molar-refractivity contribution in [1.82, 2.24) is 0 Å². The minimum Gasteiger partial charge on any atom is -0.456 e. The summed E-state index contributed by atoms with van der Waals surface area (Å²) >= 11 is 0. The van der Waals surface area contributed by atoms with Crippen LogP contribution in [0.4, 0.5) is 0 Å². The maximum atomic E-state index is 12.0. The van der Waals surface area contributed by atoms with Crippen LogP contribution in [0.3, 0.4) is 0 Å². The quantitative estimate of drug-likeness (QED) is 0.145. The van der Waals surface area contributed by atoms with Gasteiger partial charge in [-0.15, -0.1) is 0 Å². The van der Waals surface area contributed by atoms with Gasteiger partial charge in [-0.3, -0.25) is 4.79 Å². The summed E-state index contributed by atoms with van der Waals surface area (Å²) in [5.41, 5.74) is 0. The third-order valence-electron chi connectivity index (χ3n) is 4.86. The van der Waals surface area contributed by atoms with E-state index in [0.29, 0.717) is 0 Å². The van der Waals surface area contributed by atoms with Crippen molar-refractivity contribution in [3.05, 3.63) is 0 Å². The summed E-state index contributed by atoms with van der Waals surface area (Å²) < 4.78 is 10.1. The van der Waals surface area contributed by atoms with Crippen LogP contribution in [0.15, 0.2) is 0 Å². The fraction of sp³-hybridized carbons (Fsp3) is 0.515. The van der Waals surface area contributed by atoms with Crippen LogP contribution in [-0.2, 0) is 19.1 Å². The molecule has 198 valence electrons. The molecule has 0 aliphatic carbocycles. The molecule has 0 unspecified atom stereocenters. The van der Waals surface area contributed by atoms with Gasteiger partial charge in [-0.05, 0) is 84.4 Å². The van der Waals surface area contributed by atoms with E-state index in [4.69, 9.17) is 9.47 Å². The third-order valence-corrected chi connectivity index (χ3v) is 4.86. The number of hydrogen-bond acceptors (Lipinski definition) is 5. The van der Waals surface area contributed by atoms with Gasteiger partial charge in [0.05, 0.1) is 6.61 Å². The molecule has 0 rings (SSSR count). The van der Waals surface area contributed by atoms with Gasteiger partial charge in [-0.25, -0.2) is 4.79 Å². The lowest BCUT2D eigenvalue weighted by Crippen LogP contribution is -2.28. The highest BCUT2D eigenvalue weighted by atomic mass is 16.6. The highest BCUT2D eigenvalue weighted by molar-refractivity contribution is 5.89. The van der Waals surface area contributed by atoms with Crippen molar-refractivity contribution in [3.8, 4) is 82.9 Å². The molecular weight excluding hydrogens is 476 g/mol. The SMILES string of the molecule is CC#CC#CC#CC#CC#CC#CC#CC(=O)OC[C@@H](CO)OC(=O)CCCCCCCCCCCCC. The Balaban J connectivity index is 4.07. The van der Waals surface area contributed by atoms with Gasteiger partial charge in [0.15, 0.2) is 6.10 Å². The van der Waals surface area contributed by atoms with Gasteiger partial charge in [0.25, 0.3) is 0 Å². The van der Waals surface area contributed by atoms with Crippen LogP contribution in [-0.4, -0.2) is 36.4 Å². The average molecular weight is 513 g/mol. The van der Waals surface area contributed by atoms with E-state index in [1.54, 1.807) is 6.92 Å². The van der Waals surface area contributed by atoms with E-state index in [0.717, 1.165) is 19.3 Å². The molecule has 38 heavy (non-hydrogen) atoms.